The fourth-order valence-electron chi connectivity index (χ4n) is 3.05. The van der Waals surface area contributed by atoms with Gasteiger partial charge in [0.25, 0.3) is 0 Å². The summed E-state index contributed by atoms with van der Waals surface area (Å²) in [4.78, 5) is 14.1. The minimum absolute atomic E-state index is 0.0595. The maximum Gasteiger partial charge on any atom is 0.223 e. The lowest BCUT2D eigenvalue weighted by Crippen LogP contribution is -2.42. The van der Waals surface area contributed by atoms with Crippen LogP contribution < -0.4 is 5.32 Å². The Labute approximate surface area is 103 Å². The van der Waals surface area contributed by atoms with Crippen molar-refractivity contribution in [2.45, 2.75) is 51.2 Å². The van der Waals surface area contributed by atoms with Crippen LogP contribution in [0.5, 0.6) is 0 Å². The molecular formula is C13H24N2O2. The lowest BCUT2D eigenvalue weighted by Gasteiger charge is -2.29. The highest BCUT2D eigenvalue weighted by atomic mass is 16.3. The number of amides is 1. The third kappa shape index (κ3) is 3.19. The predicted molar refractivity (Wildman–Crippen MR) is 66.6 cm³/mol. The summed E-state index contributed by atoms with van der Waals surface area (Å²) >= 11 is 0. The molecule has 2 aliphatic heterocycles. The number of piperidine rings is 1. The molecule has 2 rings (SSSR count). The van der Waals surface area contributed by atoms with E-state index in [-0.39, 0.29) is 11.9 Å². The fourth-order valence-corrected chi connectivity index (χ4v) is 3.05. The molecule has 17 heavy (non-hydrogen) atoms. The molecule has 0 radical (unpaired) electrons. The van der Waals surface area contributed by atoms with Gasteiger partial charge in [0, 0.05) is 13.0 Å². The van der Waals surface area contributed by atoms with Crippen molar-refractivity contribution in [3.05, 3.63) is 0 Å². The highest BCUT2D eigenvalue weighted by molar-refractivity contribution is 5.77. The monoisotopic (exact) mass is 240 g/mol. The van der Waals surface area contributed by atoms with Gasteiger partial charge in [-0.3, -0.25) is 4.79 Å². The first-order valence-electron chi connectivity index (χ1n) is 6.86. The number of hydrogen-bond acceptors (Lipinski definition) is 3. The van der Waals surface area contributed by atoms with Crippen molar-refractivity contribution in [1.29, 1.82) is 0 Å². The van der Waals surface area contributed by atoms with Gasteiger partial charge in [-0.1, -0.05) is 0 Å². The number of aliphatic hydroxyl groups excluding tert-OH is 1. The van der Waals surface area contributed by atoms with E-state index in [0.29, 0.717) is 12.3 Å². The van der Waals surface area contributed by atoms with Gasteiger partial charge in [0.2, 0.25) is 5.91 Å². The minimum atomic E-state index is -0.394. The van der Waals surface area contributed by atoms with Gasteiger partial charge in [-0.25, -0.2) is 0 Å². The van der Waals surface area contributed by atoms with Crippen molar-refractivity contribution in [1.82, 2.24) is 10.2 Å². The topological polar surface area (TPSA) is 52.6 Å². The molecule has 0 saturated carbocycles. The van der Waals surface area contributed by atoms with E-state index in [2.05, 4.69) is 5.32 Å². The summed E-state index contributed by atoms with van der Waals surface area (Å²) in [6.07, 6.45) is 4.49. The summed E-state index contributed by atoms with van der Waals surface area (Å²) < 4.78 is 0. The smallest absolute Gasteiger partial charge is 0.223 e. The molecule has 0 aromatic rings. The molecule has 1 amide bonds. The zero-order chi connectivity index (χ0) is 12.3. The summed E-state index contributed by atoms with van der Waals surface area (Å²) in [5.41, 5.74) is 0. The Balaban J connectivity index is 1.86. The summed E-state index contributed by atoms with van der Waals surface area (Å²) in [6.45, 7) is 4.70. The number of aliphatic hydroxyl groups is 1. The van der Waals surface area contributed by atoms with Crippen LogP contribution in [0.1, 0.15) is 39.0 Å². The summed E-state index contributed by atoms with van der Waals surface area (Å²) in [5, 5.41) is 13.0. The highest BCUT2D eigenvalue weighted by Crippen LogP contribution is 2.24. The number of likely N-dealkylation sites (tertiary alicyclic amines) is 1. The molecule has 4 heteroatoms. The Morgan fingerprint density at radius 3 is 2.76 bits per heavy atom. The molecule has 0 aliphatic carbocycles. The quantitative estimate of drug-likeness (QED) is 0.765. The van der Waals surface area contributed by atoms with Gasteiger partial charge in [0.1, 0.15) is 0 Å². The Morgan fingerprint density at radius 2 is 2.12 bits per heavy atom. The molecule has 0 bridgehead atoms. The van der Waals surface area contributed by atoms with Crippen LogP contribution in [-0.4, -0.2) is 47.7 Å². The van der Waals surface area contributed by atoms with Gasteiger partial charge in [-0.05, 0) is 51.6 Å². The molecule has 2 heterocycles. The Kier molecular flexibility index (Phi) is 4.40. The van der Waals surface area contributed by atoms with Gasteiger partial charge in [-0.2, -0.15) is 0 Å². The largest absolute Gasteiger partial charge is 0.391 e. The molecule has 2 aliphatic rings. The molecule has 0 spiro atoms. The van der Waals surface area contributed by atoms with Gasteiger partial charge < -0.3 is 15.3 Å². The van der Waals surface area contributed by atoms with Gasteiger partial charge >= 0.3 is 0 Å². The average Bonchev–Trinajstić information content (AvgIpc) is 2.79. The van der Waals surface area contributed by atoms with E-state index >= 15 is 0 Å². The molecule has 98 valence electrons. The number of rotatable bonds is 3. The van der Waals surface area contributed by atoms with E-state index < -0.39 is 6.10 Å². The third-order valence-corrected chi connectivity index (χ3v) is 4.10. The third-order valence-electron chi connectivity index (χ3n) is 4.10. The second-order valence-electron chi connectivity index (χ2n) is 5.43. The zero-order valence-corrected chi connectivity index (χ0v) is 10.7. The standard InChI is InChI=1S/C13H24N2O2/c1-10(16)12-3-2-8-15(12)13(17)9-11-4-6-14-7-5-11/h10-12,14,16H,2-9H2,1H3/t10-,12+/m0/s1. The molecule has 2 atom stereocenters. The van der Waals surface area contributed by atoms with E-state index in [1.54, 1.807) is 6.92 Å². The molecule has 0 unspecified atom stereocenters. The number of nitrogens with zero attached hydrogens (tertiary/aromatic N) is 1. The number of nitrogens with one attached hydrogen (secondary N) is 1. The van der Waals surface area contributed by atoms with Crippen LogP contribution in [0, 0.1) is 5.92 Å². The van der Waals surface area contributed by atoms with Crippen molar-refractivity contribution in [2.24, 2.45) is 5.92 Å². The molecular weight excluding hydrogens is 216 g/mol. The van der Waals surface area contributed by atoms with Crippen molar-refractivity contribution in [2.75, 3.05) is 19.6 Å². The number of carbonyl (C=O) groups is 1. The number of carbonyl (C=O) groups excluding carboxylic acids is 1. The summed E-state index contributed by atoms with van der Waals surface area (Å²) in [6, 6.07) is 0.0595. The van der Waals surface area contributed by atoms with Crippen LogP contribution in [0.2, 0.25) is 0 Å². The van der Waals surface area contributed by atoms with Crippen molar-refractivity contribution < 1.29 is 9.90 Å². The molecule has 0 aromatic carbocycles. The maximum atomic E-state index is 12.2. The second-order valence-corrected chi connectivity index (χ2v) is 5.43. The van der Waals surface area contributed by atoms with Gasteiger partial charge in [0.05, 0.1) is 12.1 Å². The van der Waals surface area contributed by atoms with Crippen LogP contribution in [-0.2, 0) is 4.79 Å². The van der Waals surface area contributed by atoms with E-state index in [1.807, 2.05) is 4.90 Å². The van der Waals surface area contributed by atoms with Crippen molar-refractivity contribution in [3.8, 4) is 0 Å². The minimum Gasteiger partial charge on any atom is -0.391 e. The van der Waals surface area contributed by atoms with Gasteiger partial charge in [-0.15, -0.1) is 0 Å². The van der Waals surface area contributed by atoms with Crippen LogP contribution in [0.25, 0.3) is 0 Å². The summed E-state index contributed by atoms with van der Waals surface area (Å²) in [7, 11) is 0. The van der Waals surface area contributed by atoms with E-state index in [4.69, 9.17) is 0 Å². The highest BCUT2D eigenvalue weighted by Gasteiger charge is 2.32. The zero-order valence-electron chi connectivity index (χ0n) is 10.7. The van der Waals surface area contributed by atoms with E-state index in [1.165, 1.54) is 0 Å². The SMILES string of the molecule is C[C@H](O)[C@H]1CCCN1C(=O)CC1CCNCC1. The van der Waals surface area contributed by atoms with E-state index in [9.17, 15) is 9.90 Å². The lowest BCUT2D eigenvalue weighted by atomic mass is 9.94. The summed E-state index contributed by atoms with van der Waals surface area (Å²) in [5.74, 6) is 0.791. The van der Waals surface area contributed by atoms with Crippen LogP contribution in [0.4, 0.5) is 0 Å². The van der Waals surface area contributed by atoms with Crippen LogP contribution in [0.3, 0.4) is 0 Å². The van der Waals surface area contributed by atoms with Crippen LogP contribution >= 0.6 is 0 Å². The second kappa shape index (κ2) is 5.83. The molecule has 2 N–H and O–H groups in total. The van der Waals surface area contributed by atoms with Gasteiger partial charge in [0.15, 0.2) is 0 Å². The van der Waals surface area contributed by atoms with Crippen LogP contribution in [0.15, 0.2) is 0 Å². The molecule has 0 aromatic heterocycles. The molecule has 2 fully saturated rings. The first-order chi connectivity index (χ1) is 8.18. The number of hydrogen-bond donors (Lipinski definition) is 2. The Hall–Kier alpha value is -0.610. The van der Waals surface area contributed by atoms with Crippen molar-refractivity contribution in [3.63, 3.8) is 0 Å². The van der Waals surface area contributed by atoms with E-state index in [0.717, 1.165) is 45.3 Å². The Bertz CT molecular complexity index is 262. The predicted octanol–water partition coefficient (Wildman–Crippen LogP) is 0.748. The van der Waals surface area contributed by atoms with Crippen molar-refractivity contribution >= 4 is 5.91 Å². The Morgan fingerprint density at radius 1 is 1.41 bits per heavy atom. The average molecular weight is 240 g/mol. The first-order valence-corrected chi connectivity index (χ1v) is 6.86. The molecule has 2 saturated heterocycles. The maximum absolute atomic E-state index is 12.2. The first kappa shape index (κ1) is 12.8. The lowest BCUT2D eigenvalue weighted by molar-refractivity contribution is -0.135. The fraction of sp³-hybridized carbons (Fsp3) is 0.923. The normalized spacial score (nSPS) is 28.4. The molecule has 4 nitrogen and oxygen atoms in total.